The first kappa shape index (κ1) is 15.4. The number of amides is 1. The highest BCUT2D eigenvalue weighted by Gasteiger charge is 2.02. The average molecular weight is 269 g/mol. The van der Waals surface area contributed by atoms with Gasteiger partial charge in [0.15, 0.2) is 0 Å². The highest BCUT2D eigenvalue weighted by Crippen LogP contribution is 2.16. The number of benzene rings is 1. The van der Waals surface area contributed by atoms with E-state index in [1.807, 2.05) is 6.92 Å². The molecule has 5 heteroatoms. The van der Waals surface area contributed by atoms with E-state index in [4.69, 9.17) is 9.47 Å². The lowest BCUT2D eigenvalue weighted by Crippen LogP contribution is -2.14. The maximum atomic E-state index is 11.9. The minimum atomic E-state index is -0.381. The smallest absolute Gasteiger partial charge is 0.226 e. The number of halogens is 1. The Kier molecular flexibility index (Phi) is 7.58. The van der Waals surface area contributed by atoms with E-state index in [-0.39, 0.29) is 12.6 Å². The lowest BCUT2D eigenvalue weighted by Gasteiger charge is -2.07. The van der Waals surface area contributed by atoms with Gasteiger partial charge in [-0.25, -0.2) is 0 Å². The molecule has 0 radical (unpaired) electrons. The second-order valence-electron chi connectivity index (χ2n) is 3.91. The third kappa shape index (κ3) is 6.76. The van der Waals surface area contributed by atoms with Crippen LogP contribution in [0.1, 0.15) is 19.8 Å². The quantitative estimate of drug-likeness (QED) is 0.701. The van der Waals surface area contributed by atoms with Crippen molar-refractivity contribution in [3.63, 3.8) is 0 Å². The van der Waals surface area contributed by atoms with Crippen LogP contribution >= 0.6 is 0 Å². The molecule has 0 aliphatic rings. The Balaban J connectivity index is 2.32. The second kappa shape index (κ2) is 9.33. The molecule has 0 fully saturated rings. The minimum Gasteiger partial charge on any atom is -0.493 e. The predicted octanol–water partition coefficient (Wildman–Crippen LogP) is 2.79. The molecule has 0 aromatic heterocycles. The molecule has 106 valence electrons. The second-order valence-corrected chi connectivity index (χ2v) is 3.91. The molecule has 1 N–H and O–H groups in total. The molecule has 0 aliphatic heterocycles. The summed E-state index contributed by atoms with van der Waals surface area (Å²) in [6.07, 6.45) is 0.721. The van der Waals surface area contributed by atoms with Crippen molar-refractivity contribution in [2.75, 3.05) is 31.8 Å². The zero-order valence-electron chi connectivity index (χ0n) is 11.2. The standard InChI is InChI=1S/C14H20FNO3/c1-2-18-11-8-14(17)16-12-4-6-13(7-5-12)19-10-3-9-15/h4-7H,2-3,8-11H2,1H3,(H,16,17). The van der Waals surface area contributed by atoms with Crippen LogP contribution in [-0.4, -0.2) is 32.4 Å². The third-order valence-corrected chi connectivity index (χ3v) is 2.36. The maximum Gasteiger partial charge on any atom is 0.226 e. The molecule has 0 aliphatic carbocycles. The van der Waals surface area contributed by atoms with E-state index >= 15 is 0 Å². The molecule has 1 rings (SSSR count). The molecule has 0 saturated heterocycles. The highest BCUT2D eigenvalue weighted by atomic mass is 19.1. The summed E-state index contributed by atoms with van der Waals surface area (Å²) in [5.74, 6) is 0.584. The van der Waals surface area contributed by atoms with E-state index in [1.54, 1.807) is 24.3 Å². The summed E-state index contributed by atoms with van der Waals surface area (Å²) in [4.78, 5) is 11.5. The van der Waals surface area contributed by atoms with Crippen LogP contribution in [0.2, 0.25) is 0 Å². The van der Waals surface area contributed by atoms with Crippen molar-refractivity contribution >= 4 is 11.6 Å². The van der Waals surface area contributed by atoms with Crippen LogP contribution in [0.3, 0.4) is 0 Å². The van der Waals surface area contributed by atoms with Gasteiger partial charge in [0.05, 0.1) is 26.3 Å². The monoisotopic (exact) mass is 269 g/mol. The van der Waals surface area contributed by atoms with Crippen LogP contribution in [-0.2, 0) is 9.53 Å². The number of rotatable bonds is 9. The van der Waals surface area contributed by atoms with Gasteiger partial charge in [0.25, 0.3) is 0 Å². The first-order valence-corrected chi connectivity index (χ1v) is 6.42. The molecule has 0 spiro atoms. The molecule has 0 bridgehead atoms. The molecule has 1 aromatic carbocycles. The zero-order chi connectivity index (χ0) is 13.9. The lowest BCUT2D eigenvalue weighted by molar-refractivity contribution is -0.117. The lowest BCUT2D eigenvalue weighted by atomic mass is 10.3. The van der Waals surface area contributed by atoms with Gasteiger partial charge in [-0.05, 0) is 31.2 Å². The Labute approximate surface area is 112 Å². The fourth-order valence-electron chi connectivity index (χ4n) is 1.41. The van der Waals surface area contributed by atoms with Crippen LogP contribution in [0.5, 0.6) is 5.75 Å². The predicted molar refractivity (Wildman–Crippen MR) is 72.3 cm³/mol. The SMILES string of the molecule is CCOCCC(=O)Nc1ccc(OCCCF)cc1. The number of hydrogen-bond donors (Lipinski definition) is 1. The number of nitrogens with one attached hydrogen (secondary N) is 1. The van der Waals surface area contributed by atoms with Gasteiger partial charge in [-0.15, -0.1) is 0 Å². The zero-order valence-corrected chi connectivity index (χ0v) is 11.2. The highest BCUT2D eigenvalue weighted by molar-refractivity contribution is 5.90. The van der Waals surface area contributed by atoms with E-state index in [0.29, 0.717) is 44.1 Å². The van der Waals surface area contributed by atoms with E-state index in [1.165, 1.54) is 0 Å². The molecule has 0 unspecified atom stereocenters. The molecule has 0 saturated carbocycles. The molecule has 0 atom stereocenters. The van der Waals surface area contributed by atoms with Crippen molar-refractivity contribution in [2.45, 2.75) is 19.8 Å². The topological polar surface area (TPSA) is 47.6 Å². The van der Waals surface area contributed by atoms with Gasteiger partial charge in [-0.3, -0.25) is 9.18 Å². The number of alkyl halides is 1. The molecule has 19 heavy (non-hydrogen) atoms. The van der Waals surface area contributed by atoms with Crippen molar-refractivity contribution in [3.05, 3.63) is 24.3 Å². The normalized spacial score (nSPS) is 10.2. The Hall–Kier alpha value is -1.62. The van der Waals surface area contributed by atoms with Gasteiger partial charge in [0.2, 0.25) is 5.91 Å². The minimum absolute atomic E-state index is 0.0838. The Morgan fingerprint density at radius 3 is 2.63 bits per heavy atom. The number of ether oxygens (including phenoxy) is 2. The molecular formula is C14H20FNO3. The van der Waals surface area contributed by atoms with Crippen molar-refractivity contribution in [1.29, 1.82) is 0 Å². The van der Waals surface area contributed by atoms with Crippen molar-refractivity contribution in [3.8, 4) is 5.75 Å². The summed E-state index contributed by atoms with van der Waals surface area (Å²) in [5.41, 5.74) is 0.708. The molecule has 0 heterocycles. The van der Waals surface area contributed by atoms with Crippen LogP contribution in [0.25, 0.3) is 0 Å². The summed E-state index contributed by atoms with van der Waals surface area (Å²) < 4.78 is 22.3. The van der Waals surface area contributed by atoms with Crippen LogP contribution in [0.15, 0.2) is 24.3 Å². The molecular weight excluding hydrogens is 249 g/mol. The van der Waals surface area contributed by atoms with Crippen LogP contribution < -0.4 is 10.1 Å². The van der Waals surface area contributed by atoms with Crippen LogP contribution in [0.4, 0.5) is 10.1 Å². The van der Waals surface area contributed by atoms with Crippen molar-refractivity contribution < 1.29 is 18.7 Å². The number of carbonyl (C=O) groups excluding carboxylic acids is 1. The Bertz CT molecular complexity index is 367. The molecule has 1 amide bonds. The number of carbonyl (C=O) groups is 1. The first-order valence-electron chi connectivity index (χ1n) is 6.42. The summed E-state index contributed by atoms with van der Waals surface area (Å²) in [6, 6.07) is 7.00. The maximum absolute atomic E-state index is 11.9. The van der Waals surface area contributed by atoms with E-state index in [9.17, 15) is 9.18 Å². The fourth-order valence-corrected chi connectivity index (χ4v) is 1.41. The van der Waals surface area contributed by atoms with Crippen molar-refractivity contribution in [1.82, 2.24) is 0 Å². The summed E-state index contributed by atoms with van der Waals surface area (Å²) in [7, 11) is 0. The molecule has 4 nitrogen and oxygen atoms in total. The van der Waals surface area contributed by atoms with E-state index in [2.05, 4.69) is 5.32 Å². The number of hydrogen-bond acceptors (Lipinski definition) is 3. The van der Waals surface area contributed by atoms with Gasteiger partial charge in [-0.2, -0.15) is 0 Å². The Morgan fingerprint density at radius 2 is 2.00 bits per heavy atom. The van der Waals surface area contributed by atoms with Gasteiger partial charge >= 0.3 is 0 Å². The van der Waals surface area contributed by atoms with Crippen molar-refractivity contribution in [2.24, 2.45) is 0 Å². The summed E-state index contributed by atoms with van der Waals surface area (Å²) >= 11 is 0. The largest absolute Gasteiger partial charge is 0.493 e. The van der Waals surface area contributed by atoms with Gasteiger partial charge in [-0.1, -0.05) is 0 Å². The van der Waals surface area contributed by atoms with E-state index in [0.717, 1.165) is 0 Å². The first-order chi connectivity index (χ1) is 9.26. The summed E-state index contributed by atoms with van der Waals surface area (Å²) in [6.45, 7) is 2.90. The Morgan fingerprint density at radius 1 is 1.26 bits per heavy atom. The number of anilines is 1. The third-order valence-electron chi connectivity index (χ3n) is 2.36. The molecule has 1 aromatic rings. The van der Waals surface area contributed by atoms with Gasteiger partial charge in [0, 0.05) is 18.7 Å². The van der Waals surface area contributed by atoms with Gasteiger partial charge in [0.1, 0.15) is 5.75 Å². The van der Waals surface area contributed by atoms with E-state index < -0.39 is 0 Å². The summed E-state index contributed by atoms with van der Waals surface area (Å²) in [5, 5.41) is 2.76. The van der Waals surface area contributed by atoms with Gasteiger partial charge < -0.3 is 14.8 Å². The fraction of sp³-hybridized carbons (Fsp3) is 0.500. The average Bonchev–Trinajstić information content (AvgIpc) is 2.41. The van der Waals surface area contributed by atoms with Crippen LogP contribution in [0, 0.1) is 0 Å².